The van der Waals surface area contributed by atoms with E-state index in [-0.39, 0.29) is 11.1 Å². The van der Waals surface area contributed by atoms with E-state index in [1.165, 1.54) is 18.2 Å². The van der Waals surface area contributed by atoms with Gasteiger partial charge in [0.15, 0.2) is 0 Å². The lowest BCUT2D eigenvalue weighted by molar-refractivity contribution is -0.0688. The summed E-state index contributed by atoms with van der Waals surface area (Å²) in [5, 5.41) is 0. The molecule has 0 saturated carbocycles. The topological polar surface area (TPSA) is 0 Å². The largest absolute Gasteiger partial charge is 0.416 e. The molecule has 0 aliphatic carbocycles. The predicted octanol–water partition coefficient (Wildman–Crippen LogP) is 6.94. The Morgan fingerprint density at radius 1 is 0.960 bits per heavy atom. The number of hydrogen-bond donors (Lipinski definition) is 0. The number of aryl methyl sites for hydroxylation is 1. The summed E-state index contributed by atoms with van der Waals surface area (Å²) < 4.78 is 66.3. The van der Waals surface area contributed by atoms with E-state index in [1.54, 1.807) is 6.07 Å². The monoisotopic (exact) mass is 354 g/mol. The third-order valence-electron chi connectivity index (χ3n) is 4.05. The van der Waals surface area contributed by atoms with Gasteiger partial charge in [0.2, 0.25) is 0 Å². The molecule has 0 spiro atoms. The van der Waals surface area contributed by atoms with E-state index in [9.17, 15) is 22.0 Å². The average molecular weight is 354 g/mol. The molecule has 0 radical (unpaired) electrons. The number of allylic oxidation sites excluding steroid dienone is 1. The molecule has 0 bridgehead atoms. The van der Waals surface area contributed by atoms with Crippen molar-refractivity contribution in [1.82, 2.24) is 0 Å². The van der Waals surface area contributed by atoms with E-state index in [1.807, 2.05) is 0 Å². The molecular weight excluding hydrogens is 335 g/mol. The number of benzene rings is 2. The number of halogens is 5. The van der Waals surface area contributed by atoms with Crippen LogP contribution in [-0.2, 0) is 6.42 Å². The molecule has 0 heterocycles. The van der Waals surface area contributed by atoms with Crippen LogP contribution in [0.1, 0.15) is 37.3 Å². The first kappa shape index (κ1) is 19.2. The number of unbranched alkanes of at least 4 members (excludes halogenated alkanes) is 2. The van der Waals surface area contributed by atoms with Gasteiger partial charge in [0.05, 0.1) is 5.57 Å². The molecule has 2 aromatic rings. The highest BCUT2D eigenvalue weighted by atomic mass is 19.4. The third-order valence-corrected chi connectivity index (χ3v) is 4.05. The first-order valence-electron chi connectivity index (χ1n) is 8.09. The zero-order valence-corrected chi connectivity index (χ0v) is 13.9. The van der Waals surface area contributed by atoms with Crippen molar-refractivity contribution < 1.29 is 22.0 Å². The predicted molar refractivity (Wildman–Crippen MR) is 90.1 cm³/mol. The van der Waals surface area contributed by atoms with Crippen molar-refractivity contribution in [3.05, 3.63) is 65.7 Å². The molecule has 0 N–H and O–H groups in total. The van der Waals surface area contributed by atoms with E-state index in [0.29, 0.717) is 0 Å². The van der Waals surface area contributed by atoms with Gasteiger partial charge in [0, 0.05) is 11.1 Å². The fourth-order valence-corrected chi connectivity index (χ4v) is 2.61. The van der Waals surface area contributed by atoms with Crippen LogP contribution in [0.4, 0.5) is 22.0 Å². The minimum Gasteiger partial charge on any atom is -0.206 e. The summed E-state index contributed by atoms with van der Waals surface area (Å²) in [6.45, 7) is 4.96. The first-order chi connectivity index (χ1) is 11.7. The molecule has 2 rings (SSSR count). The van der Waals surface area contributed by atoms with Crippen molar-refractivity contribution in [1.29, 1.82) is 0 Å². The maximum absolute atomic E-state index is 14.3. The van der Waals surface area contributed by atoms with Gasteiger partial charge in [0.25, 0.3) is 0 Å². The normalized spacial score (nSPS) is 11.6. The van der Waals surface area contributed by atoms with Crippen molar-refractivity contribution in [2.45, 2.75) is 38.8 Å². The summed E-state index contributed by atoms with van der Waals surface area (Å²) in [6.07, 6.45) is -0.885. The van der Waals surface area contributed by atoms with Crippen LogP contribution >= 0.6 is 0 Å². The Kier molecular flexibility index (Phi) is 5.98. The van der Waals surface area contributed by atoms with Crippen LogP contribution in [0, 0.1) is 11.6 Å². The van der Waals surface area contributed by atoms with E-state index in [0.717, 1.165) is 43.4 Å². The SMILES string of the molecule is C=C(c1ccc(-c2ccc(CCCCC)cc2F)cc1F)C(F)(F)F. The molecule has 0 fully saturated rings. The van der Waals surface area contributed by atoms with E-state index >= 15 is 0 Å². The van der Waals surface area contributed by atoms with Gasteiger partial charge in [-0.3, -0.25) is 0 Å². The minimum absolute atomic E-state index is 0.155. The molecule has 0 amide bonds. The summed E-state index contributed by atoms with van der Waals surface area (Å²) in [7, 11) is 0. The zero-order chi connectivity index (χ0) is 18.6. The highest BCUT2D eigenvalue weighted by Crippen LogP contribution is 2.35. The van der Waals surface area contributed by atoms with Crippen molar-refractivity contribution in [3.8, 4) is 11.1 Å². The van der Waals surface area contributed by atoms with Gasteiger partial charge in [-0.05, 0) is 36.1 Å². The highest BCUT2D eigenvalue weighted by molar-refractivity contribution is 5.72. The van der Waals surface area contributed by atoms with Crippen LogP contribution in [0.15, 0.2) is 43.0 Å². The molecule has 5 heteroatoms. The smallest absolute Gasteiger partial charge is 0.206 e. The molecule has 0 aliphatic rings. The summed E-state index contributed by atoms with van der Waals surface area (Å²) in [4.78, 5) is 0. The maximum atomic E-state index is 14.3. The molecule has 0 nitrogen and oxygen atoms in total. The summed E-state index contributed by atoms with van der Waals surface area (Å²) >= 11 is 0. The van der Waals surface area contributed by atoms with E-state index < -0.39 is 28.9 Å². The van der Waals surface area contributed by atoms with Crippen LogP contribution in [-0.4, -0.2) is 6.18 Å². The lowest BCUT2D eigenvalue weighted by Gasteiger charge is -2.13. The van der Waals surface area contributed by atoms with Gasteiger partial charge in [-0.15, -0.1) is 0 Å². The molecule has 2 aromatic carbocycles. The first-order valence-corrected chi connectivity index (χ1v) is 8.09. The number of alkyl halides is 3. The second-order valence-corrected chi connectivity index (χ2v) is 5.94. The Morgan fingerprint density at radius 2 is 1.68 bits per heavy atom. The fourth-order valence-electron chi connectivity index (χ4n) is 2.61. The lowest BCUT2D eigenvalue weighted by atomic mass is 9.98. The molecule has 0 unspecified atom stereocenters. The Labute approximate surface area is 144 Å². The fraction of sp³-hybridized carbons (Fsp3) is 0.300. The highest BCUT2D eigenvalue weighted by Gasteiger charge is 2.34. The number of rotatable bonds is 6. The quantitative estimate of drug-likeness (QED) is 0.389. The molecule has 134 valence electrons. The Hall–Kier alpha value is -2.17. The van der Waals surface area contributed by atoms with E-state index in [2.05, 4.69) is 13.5 Å². The lowest BCUT2D eigenvalue weighted by Crippen LogP contribution is -2.10. The van der Waals surface area contributed by atoms with Crippen molar-refractivity contribution in [2.75, 3.05) is 0 Å². The van der Waals surface area contributed by atoms with Crippen LogP contribution in [0.25, 0.3) is 16.7 Å². The average Bonchev–Trinajstić information content (AvgIpc) is 2.54. The van der Waals surface area contributed by atoms with Crippen LogP contribution in [0.3, 0.4) is 0 Å². The van der Waals surface area contributed by atoms with Gasteiger partial charge in [-0.1, -0.05) is 50.6 Å². The summed E-state index contributed by atoms with van der Waals surface area (Å²) in [6, 6.07) is 7.84. The van der Waals surface area contributed by atoms with E-state index in [4.69, 9.17) is 0 Å². The van der Waals surface area contributed by atoms with Crippen molar-refractivity contribution in [3.63, 3.8) is 0 Å². The Bertz CT molecular complexity index is 759. The second-order valence-electron chi connectivity index (χ2n) is 5.94. The van der Waals surface area contributed by atoms with Crippen molar-refractivity contribution >= 4 is 5.57 Å². The maximum Gasteiger partial charge on any atom is 0.416 e. The second kappa shape index (κ2) is 7.81. The molecule has 25 heavy (non-hydrogen) atoms. The standard InChI is InChI=1S/C20H19F5/c1-3-4-5-6-14-7-9-17(18(21)11-14)15-8-10-16(19(22)12-15)13(2)20(23,24)25/h7-12H,2-6H2,1H3. The molecule has 0 saturated heterocycles. The van der Waals surface area contributed by atoms with Gasteiger partial charge in [-0.2, -0.15) is 13.2 Å². The van der Waals surface area contributed by atoms with Gasteiger partial charge >= 0.3 is 6.18 Å². The molecule has 0 aromatic heterocycles. The van der Waals surface area contributed by atoms with Crippen molar-refractivity contribution in [2.24, 2.45) is 0 Å². The van der Waals surface area contributed by atoms with Gasteiger partial charge in [-0.25, -0.2) is 8.78 Å². The van der Waals surface area contributed by atoms with Crippen LogP contribution < -0.4 is 0 Å². The Morgan fingerprint density at radius 3 is 2.24 bits per heavy atom. The van der Waals surface area contributed by atoms with Crippen LogP contribution in [0.5, 0.6) is 0 Å². The summed E-state index contributed by atoms with van der Waals surface area (Å²) in [5.74, 6) is -1.60. The molecular formula is C20H19F5. The van der Waals surface area contributed by atoms with Gasteiger partial charge in [0.1, 0.15) is 11.6 Å². The zero-order valence-electron chi connectivity index (χ0n) is 13.9. The van der Waals surface area contributed by atoms with Gasteiger partial charge < -0.3 is 0 Å². The molecule has 0 aliphatic heterocycles. The van der Waals surface area contributed by atoms with Crippen LogP contribution in [0.2, 0.25) is 0 Å². The summed E-state index contributed by atoms with van der Waals surface area (Å²) in [5.41, 5.74) is -0.704. The molecule has 0 atom stereocenters. The minimum atomic E-state index is -4.71. The number of hydrogen-bond acceptors (Lipinski definition) is 0. The Balaban J connectivity index is 2.27. The third kappa shape index (κ3) is 4.68.